The maximum Gasteiger partial charge on any atom is 0.228 e. The predicted molar refractivity (Wildman–Crippen MR) is 128 cm³/mol. The minimum Gasteiger partial charge on any atom is -0.357 e. The molecule has 1 saturated heterocycles. The number of aliphatic imine (C=N–C) groups is 1. The number of aromatic nitrogens is 2. The first-order valence-electron chi connectivity index (χ1n) is 10.5. The van der Waals surface area contributed by atoms with Gasteiger partial charge in [-0.1, -0.05) is 49.3 Å². The molecule has 160 valence electrons. The van der Waals surface area contributed by atoms with Gasteiger partial charge in [-0.15, -0.1) is 24.0 Å². The minimum absolute atomic E-state index is 0. The van der Waals surface area contributed by atoms with E-state index in [1.807, 2.05) is 0 Å². The number of rotatable bonds is 7. The molecule has 0 aliphatic carbocycles. The van der Waals surface area contributed by atoms with Crippen molar-refractivity contribution in [2.24, 2.45) is 10.9 Å². The molecule has 1 fully saturated rings. The second-order valence-electron chi connectivity index (χ2n) is 7.81. The maximum atomic E-state index is 5.32. The molecule has 29 heavy (non-hydrogen) atoms. The third kappa shape index (κ3) is 7.28. The van der Waals surface area contributed by atoms with Gasteiger partial charge in [0.25, 0.3) is 0 Å². The van der Waals surface area contributed by atoms with Crippen LogP contribution in [0.1, 0.15) is 56.8 Å². The number of benzene rings is 1. The number of nitrogens with zero attached hydrogens (tertiary/aromatic N) is 4. The SMILES string of the molecule is CCNC(=NCCc1nc(C(C)C)no1)N1CCC(Cc2ccccc2)CC1.I. The van der Waals surface area contributed by atoms with Crippen molar-refractivity contribution in [3.63, 3.8) is 0 Å². The first-order chi connectivity index (χ1) is 13.7. The fourth-order valence-electron chi connectivity index (χ4n) is 3.58. The summed E-state index contributed by atoms with van der Waals surface area (Å²) in [7, 11) is 0. The van der Waals surface area contributed by atoms with Crippen LogP contribution < -0.4 is 5.32 Å². The predicted octanol–water partition coefficient (Wildman–Crippen LogP) is 4.27. The van der Waals surface area contributed by atoms with Crippen LogP contribution in [0.5, 0.6) is 0 Å². The Kier molecular flexibility index (Phi) is 9.90. The summed E-state index contributed by atoms with van der Waals surface area (Å²) in [5.41, 5.74) is 1.45. The fourth-order valence-corrected chi connectivity index (χ4v) is 3.58. The molecule has 0 bridgehead atoms. The largest absolute Gasteiger partial charge is 0.357 e. The summed E-state index contributed by atoms with van der Waals surface area (Å²) >= 11 is 0. The first kappa shape index (κ1) is 23.6. The van der Waals surface area contributed by atoms with E-state index in [1.54, 1.807) is 0 Å². The Balaban J connectivity index is 0.00000300. The zero-order valence-corrected chi connectivity index (χ0v) is 20.1. The minimum atomic E-state index is 0. The summed E-state index contributed by atoms with van der Waals surface area (Å²) in [6, 6.07) is 10.8. The number of piperidine rings is 1. The molecule has 1 N–H and O–H groups in total. The molecule has 3 rings (SSSR count). The van der Waals surface area contributed by atoms with E-state index in [0.29, 0.717) is 18.9 Å². The van der Waals surface area contributed by atoms with Crippen LogP contribution in [-0.4, -0.2) is 47.2 Å². The van der Waals surface area contributed by atoms with E-state index in [0.717, 1.165) is 37.3 Å². The Bertz CT molecular complexity index is 739. The van der Waals surface area contributed by atoms with E-state index in [4.69, 9.17) is 9.52 Å². The van der Waals surface area contributed by atoms with Gasteiger partial charge in [-0.2, -0.15) is 4.98 Å². The van der Waals surface area contributed by atoms with Crippen molar-refractivity contribution >= 4 is 29.9 Å². The summed E-state index contributed by atoms with van der Waals surface area (Å²) in [5, 5.41) is 7.46. The standard InChI is InChI=1S/C22H33N5O.HI/c1-4-23-22(24-13-10-20-25-21(17(2)3)26-28-20)27-14-11-19(12-15-27)16-18-8-6-5-7-9-18;/h5-9,17,19H,4,10-16H2,1-3H3,(H,23,24);1H. The molecule has 1 aromatic carbocycles. The van der Waals surface area contributed by atoms with Gasteiger partial charge in [0.05, 0.1) is 6.54 Å². The fraction of sp³-hybridized carbons (Fsp3) is 0.591. The molecule has 2 heterocycles. The zero-order valence-electron chi connectivity index (χ0n) is 17.8. The zero-order chi connectivity index (χ0) is 19.8. The second-order valence-corrected chi connectivity index (χ2v) is 7.81. The van der Waals surface area contributed by atoms with Crippen molar-refractivity contribution in [1.29, 1.82) is 0 Å². The second kappa shape index (κ2) is 12.1. The molecule has 6 nitrogen and oxygen atoms in total. The Morgan fingerprint density at radius 1 is 1.24 bits per heavy atom. The van der Waals surface area contributed by atoms with Gasteiger partial charge in [0, 0.05) is 32.0 Å². The number of hydrogen-bond donors (Lipinski definition) is 1. The van der Waals surface area contributed by atoms with E-state index in [2.05, 4.69) is 71.5 Å². The molecule has 0 atom stereocenters. The van der Waals surface area contributed by atoms with E-state index < -0.39 is 0 Å². The smallest absolute Gasteiger partial charge is 0.228 e. The highest BCUT2D eigenvalue weighted by atomic mass is 127. The van der Waals surface area contributed by atoms with Gasteiger partial charge in [0.1, 0.15) is 0 Å². The van der Waals surface area contributed by atoms with E-state index in [9.17, 15) is 0 Å². The van der Waals surface area contributed by atoms with Crippen molar-refractivity contribution in [2.45, 2.75) is 52.4 Å². The van der Waals surface area contributed by atoms with Crippen molar-refractivity contribution < 1.29 is 4.52 Å². The summed E-state index contributed by atoms with van der Waals surface area (Å²) in [5.74, 6) is 3.49. The van der Waals surface area contributed by atoms with Crippen LogP contribution in [0.2, 0.25) is 0 Å². The third-order valence-electron chi connectivity index (χ3n) is 5.20. The van der Waals surface area contributed by atoms with Gasteiger partial charge in [-0.05, 0) is 37.7 Å². The lowest BCUT2D eigenvalue weighted by Gasteiger charge is -2.34. The highest BCUT2D eigenvalue weighted by Crippen LogP contribution is 2.21. The highest BCUT2D eigenvalue weighted by molar-refractivity contribution is 14.0. The Morgan fingerprint density at radius 3 is 2.59 bits per heavy atom. The number of guanidine groups is 1. The molecule has 1 aliphatic heterocycles. The maximum absolute atomic E-state index is 5.32. The van der Waals surface area contributed by atoms with Crippen molar-refractivity contribution in [2.75, 3.05) is 26.2 Å². The molecule has 2 aromatic rings. The van der Waals surface area contributed by atoms with Crippen molar-refractivity contribution in [3.8, 4) is 0 Å². The van der Waals surface area contributed by atoms with Gasteiger partial charge < -0.3 is 14.7 Å². The molecule has 0 radical (unpaired) electrons. The third-order valence-corrected chi connectivity index (χ3v) is 5.20. The summed E-state index contributed by atoms with van der Waals surface area (Å²) in [4.78, 5) is 11.6. The lowest BCUT2D eigenvalue weighted by atomic mass is 9.90. The molecule has 0 saturated carbocycles. The first-order valence-corrected chi connectivity index (χ1v) is 10.5. The monoisotopic (exact) mass is 511 g/mol. The summed E-state index contributed by atoms with van der Waals surface area (Å²) in [6.45, 7) is 9.90. The van der Waals surface area contributed by atoms with Crippen LogP contribution in [0, 0.1) is 5.92 Å². The van der Waals surface area contributed by atoms with Crippen LogP contribution in [0.3, 0.4) is 0 Å². The number of halogens is 1. The normalized spacial score (nSPS) is 15.4. The molecular formula is C22H34IN5O. The number of nitrogens with one attached hydrogen (secondary N) is 1. The molecule has 1 aliphatic rings. The van der Waals surface area contributed by atoms with Crippen LogP contribution >= 0.6 is 24.0 Å². The van der Waals surface area contributed by atoms with E-state index in [1.165, 1.54) is 24.8 Å². The van der Waals surface area contributed by atoms with E-state index >= 15 is 0 Å². The van der Waals surface area contributed by atoms with Gasteiger partial charge >= 0.3 is 0 Å². The Morgan fingerprint density at radius 2 is 1.97 bits per heavy atom. The molecule has 7 heteroatoms. The van der Waals surface area contributed by atoms with Gasteiger partial charge in [-0.3, -0.25) is 4.99 Å². The summed E-state index contributed by atoms with van der Waals surface area (Å²) < 4.78 is 5.32. The van der Waals surface area contributed by atoms with Crippen LogP contribution in [0.25, 0.3) is 0 Å². The quantitative estimate of drug-likeness (QED) is 0.342. The molecule has 0 spiro atoms. The average Bonchev–Trinajstić information content (AvgIpc) is 3.18. The molecule has 1 aromatic heterocycles. The highest BCUT2D eigenvalue weighted by Gasteiger charge is 2.21. The van der Waals surface area contributed by atoms with Crippen LogP contribution in [0.15, 0.2) is 39.8 Å². The van der Waals surface area contributed by atoms with E-state index in [-0.39, 0.29) is 29.9 Å². The summed E-state index contributed by atoms with van der Waals surface area (Å²) in [6.07, 6.45) is 4.28. The Hall–Kier alpha value is -1.64. The van der Waals surface area contributed by atoms with Crippen molar-refractivity contribution in [1.82, 2.24) is 20.4 Å². The number of likely N-dealkylation sites (tertiary alicyclic amines) is 1. The van der Waals surface area contributed by atoms with Crippen molar-refractivity contribution in [3.05, 3.63) is 47.6 Å². The molecule has 0 unspecified atom stereocenters. The Labute approximate surface area is 191 Å². The van der Waals surface area contributed by atoms with Crippen LogP contribution in [-0.2, 0) is 12.8 Å². The van der Waals surface area contributed by atoms with Crippen LogP contribution in [0.4, 0.5) is 0 Å². The number of hydrogen-bond acceptors (Lipinski definition) is 4. The lowest BCUT2D eigenvalue weighted by Crippen LogP contribution is -2.46. The van der Waals surface area contributed by atoms with Gasteiger partial charge in [0.2, 0.25) is 5.89 Å². The van der Waals surface area contributed by atoms with Gasteiger partial charge in [0.15, 0.2) is 11.8 Å². The van der Waals surface area contributed by atoms with Gasteiger partial charge in [-0.25, -0.2) is 0 Å². The molecule has 0 amide bonds. The lowest BCUT2D eigenvalue weighted by molar-refractivity contribution is 0.259. The average molecular weight is 511 g/mol. The molecular weight excluding hydrogens is 477 g/mol. The topological polar surface area (TPSA) is 66.5 Å².